The summed E-state index contributed by atoms with van der Waals surface area (Å²) in [4.78, 5) is 4.73. The summed E-state index contributed by atoms with van der Waals surface area (Å²) < 4.78 is 2.38. The largest absolute Gasteiger partial charge is 0.327 e. The Balaban J connectivity index is 2.29. The molecule has 0 bridgehead atoms. The van der Waals surface area contributed by atoms with E-state index >= 15 is 0 Å². The number of fused-ring (bicyclic) bond motifs is 3. The molecule has 1 atom stereocenters. The Morgan fingerprint density at radius 2 is 2.07 bits per heavy atom. The van der Waals surface area contributed by atoms with Crippen LogP contribution in [0.2, 0.25) is 0 Å². The number of imidazole rings is 1. The van der Waals surface area contributed by atoms with Crippen LogP contribution in [0.3, 0.4) is 0 Å². The number of nitrogens with zero attached hydrogens (tertiary/aromatic N) is 2. The van der Waals surface area contributed by atoms with Crippen molar-refractivity contribution in [3.63, 3.8) is 0 Å². The molecule has 0 unspecified atom stereocenters. The van der Waals surface area contributed by atoms with Gasteiger partial charge in [0.05, 0.1) is 11.0 Å². The lowest BCUT2D eigenvalue weighted by Crippen LogP contribution is -2.16. The van der Waals surface area contributed by atoms with Gasteiger partial charge in [0, 0.05) is 12.5 Å². The molecule has 1 aliphatic rings. The Hall–Kier alpha value is -1.31. The summed E-state index contributed by atoms with van der Waals surface area (Å²) in [5.74, 6) is 1.80. The van der Waals surface area contributed by atoms with Crippen LogP contribution in [0.4, 0.5) is 0 Å². The van der Waals surface area contributed by atoms with Gasteiger partial charge in [-0.05, 0) is 17.5 Å². The Morgan fingerprint density at radius 3 is 2.87 bits per heavy atom. The van der Waals surface area contributed by atoms with Gasteiger partial charge in [0.2, 0.25) is 0 Å². The lowest BCUT2D eigenvalue weighted by atomic mass is 9.82. The third kappa shape index (κ3) is 1.08. The van der Waals surface area contributed by atoms with Crippen molar-refractivity contribution in [2.24, 2.45) is 5.41 Å². The Bertz CT molecular complexity index is 522. The molecule has 0 aliphatic carbocycles. The first-order valence-electron chi connectivity index (χ1n) is 5.55. The van der Waals surface area contributed by atoms with Gasteiger partial charge in [0.25, 0.3) is 0 Å². The lowest BCUT2D eigenvalue weighted by Gasteiger charge is -2.21. The first-order chi connectivity index (χ1) is 7.09. The van der Waals surface area contributed by atoms with Gasteiger partial charge in [-0.1, -0.05) is 32.9 Å². The van der Waals surface area contributed by atoms with Gasteiger partial charge in [-0.3, -0.25) is 0 Å². The summed E-state index contributed by atoms with van der Waals surface area (Å²) in [7, 11) is 0. The van der Waals surface area contributed by atoms with Crippen molar-refractivity contribution in [2.45, 2.75) is 33.2 Å². The zero-order valence-corrected chi connectivity index (χ0v) is 9.49. The standard InChI is InChI=1S/C13H16N2/c1-9-12-14-10-6-4-5-7-11(10)15(12)8-13(9,2)3/h4-7,9H,8H2,1-3H3/t9-/m0/s1. The molecule has 0 saturated heterocycles. The highest BCUT2D eigenvalue weighted by Gasteiger charge is 2.38. The van der Waals surface area contributed by atoms with Crippen LogP contribution in [-0.4, -0.2) is 9.55 Å². The fourth-order valence-corrected chi connectivity index (χ4v) is 2.48. The van der Waals surface area contributed by atoms with Crippen LogP contribution in [0.25, 0.3) is 11.0 Å². The minimum atomic E-state index is 0.340. The maximum absolute atomic E-state index is 4.73. The second kappa shape index (κ2) is 2.63. The average molecular weight is 200 g/mol. The van der Waals surface area contributed by atoms with E-state index in [4.69, 9.17) is 4.98 Å². The van der Waals surface area contributed by atoms with Gasteiger partial charge >= 0.3 is 0 Å². The molecule has 3 rings (SSSR count). The maximum atomic E-state index is 4.73. The third-order valence-electron chi connectivity index (χ3n) is 3.81. The van der Waals surface area contributed by atoms with Crippen molar-refractivity contribution in [3.8, 4) is 0 Å². The average Bonchev–Trinajstić information content (AvgIpc) is 2.65. The second-order valence-electron chi connectivity index (χ2n) is 5.26. The first-order valence-corrected chi connectivity index (χ1v) is 5.55. The molecule has 2 heterocycles. The van der Waals surface area contributed by atoms with Gasteiger partial charge in [-0.25, -0.2) is 4.98 Å². The van der Waals surface area contributed by atoms with Gasteiger partial charge in [0.1, 0.15) is 5.82 Å². The van der Waals surface area contributed by atoms with Crippen molar-refractivity contribution >= 4 is 11.0 Å². The molecule has 0 saturated carbocycles. The summed E-state index contributed by atoms with van der Waals surface area (Å²) in [6, 6.07) is 8.41. The molecule has 0 N–H and O–H groups in total. The molecule has 15 heavy (non-hydrogen) atoms. The van der Waals surface area contributed by atoms with Crippen molar-refractivity contribution in [1.82, 2.24) is 9.55 Å². The topological polar surface area (TPSA) is 17.8 Å². The maximum Gasteiger partial charge on any atom is 0.113 e. The molecule has 1 aromatic heterocycles. The predicted molar refractivity (Wildman–Crippen MR) is 61.9 cm³/mol. The van der Waals surface area contributed by atoms with Crippen molar-refractivity contribution in [3.05, 3.63) is 30.1 Å². The number of hydrogen-bond donors (Lipinski definition) is 0. The number of para-hydroxylation sites is 2. The molecular formula is C13H16N2. The Labute approximate surface area is 89.9 Å². The summed E-state index contributed by atoms with van der Waals surface area (Å²) in [6.45, 7) is 8.01. The van der Waals surface area contributed by atoms with Crippen LogP contribution in [0.1, 0.15) is 32.5 Å². The summed E-state index contributed by atoms with van der Waals surface area (Å²) >= 11 is 0. The SMILES string of the molecule is C[C@H]1c2nc3ccccc3n2CC1(C)C. The number of hydrogen-bond acceptors (Lipinski definition) is 1. The number of benzene rings is 1. The summed E-state index contributed by atoms with van der Waals surface area (Å²) in [5, 5.41) is 0. The van der Waals surface area contributed by atoms with E-state index < -0.39 is 0 Å². The van der Waals surface area contributed by atoms with Crippen LogP contribution >= 0.6 is 0 Å². The molecular weight excluding hydrogens is 184 g/mol. The fraction of sp³-hybridized carbons (Fsp3) is 0.462. The Kier molecular flexibility index (Phi) is 1.57. The van der Waals surface area contributed by atoms with E-state index in [1.807, 2.05) is 0 Å². The zero-order chi connectivity index (χ0) is 10.6. The van der Waals surface area contributed by atoms with Crippen LogP contribution in [-0.2, 0) is 6.54 Å². The first kappa shape index (κ1) is 8.96. The van der Waals surface area contributed by atoms with Crippen molar-refractivity contribution < 1.29 is 0 Å². The molecule has 0 radical (unpaired) electrons. The van der Waals surface area contributed by atoms with Crippen molar-refractivity contribution in [1.29, 1.82) is 0 Å². The van der Waals surface area contributed by atoms with Crippen LogP contribution < -0.4 is 0 Å². The van der Waals surface area contributed by atoms with E-state index in [1.54, 1.807) is 0 Å². The van der Waals surface area contributed by atoms with Crippen molar-refractivity contribution in [2.75, 3.05) is 0 Å². The van der Waals surface area contributed by atoms with Crippen LogP contribution in [0.15, 0.2) is 24.3 Å². The summed E-state index contributed by atoms with van der Waals surface area (Å²) in [5.41, 5.74) is 2.76. The van der Waals surface area contributed by atoms with Gasteiger partial charge < -0.3 is 4.57 Å². The predicted octanol–water partition coefficient (Wildman–Crippen LogP) is 3.18. The molecule has 0 spiro atoms. The monoisotopic (exact) mass is 200 g/mol. The molecule has 2 nitrogen and oxygen atoms in total. The van der Waals surface area contributed by atoms with Gasteiger partial charge in [0.15, 0.2) is 0 Å². The molecule has 1 aromatic carbocycles. The normalized spacial score (nSPS) is 23.3. The molecule has 2 aromatic rings. The van der Waals surface area contributed by atoms with Gasteiger partial charge in [-0.2, -0.15) is 0 Å². The molecule has 0 fully saturated rings. The highest BCUT2D eigenvalue weighted by Crippen LogP contribution is 2.43. The number of rotatable bonds is 0. The van der Waals surface area contributed by atoms with Gasteiger partial charge in [-0.15, -0.1) is 0 Å². The van der Waals surface area contributed by atoms with E-state index in [0.717, 1.165) is 12.1 Å². The van der Waals surface area contributed by atoms with E-state index in [9.17, 15) is 0 Å². The minimum absolute atomic E-state index is 0.340. The van der Waals surface area contributed by atoms with Crippen LogP contribution in [0, 0.1) is 5.41 Å². The van der Waals surface area contributed by atoms with E-state index in [0.29, 0.717) is 11.3 Å². The summed E-state index contributed by atoms with van der Waals surface area (Å²) in [6.07, 6.45) is 0. The molecule has 78 valence electrons. The van der Waals surface area contributed by atoms with E-state index in [1.165, 1.54) is 11.3 Å². The molecule has 0 amide bonds. The highest BCUT2D eigenvalue weighted by atomic mass is 15.1. The molecule has 1 aliphatic heterocycles. The minimum Gasteiger partial charge on any atom is -0.327 e. The number of aromatic nitrogens is 2. The third-order valence-corrected chi connectivity index (χ3v) is 3.81. The lowest BCUT2D eigenvalue weighted by molar-refractivity contribution is 0.309. The van der Waals surface area contributed by atoms with E-state index in [2.05, 4.69) is 49.6 Å². The fourth-order valence-electron chi connectivity index (χ4n) is 2.48. The quantitative estimate of drug-likeness (QED) is 0.638. The van der Waals surface area contributed by atoms with E-state index in [-0.39, 0.29) is 0 Å². The smallest absolute Gasteiger partial charge is 0.113 e. The van der Waals surface area contributed by atoms with Crippen LogP contribution in [0.5, 0.6) is 0 Å². The highest BCUT2D eigenvalue weighted by molar-refractivity contribution is 5.76. The second-order valence-corrected chi connectivity index (χ2v) is 5.26. The Morgan fingerprint density at radius 1 is 1.33 bits per heavy atom. The molecule has 2 heteroatoms. The zero-order valence-electron chi connectivity index (χ0n) is 9.49.